The molecule has 8 heteroatoms. The van der Waals surface area contributed by atoms with Crippen LogP contribution in [-0.2, 0) is 11.2 Å². The Labute approximate surface area is 152 Å². The minimum absolute atomic E-state index is 0.182. The summed E-state index contributed by atoms with van der Waals surface area (Å²) in [7, 11) is 1.41. The van der Waals surface area contributed by atoms with E-state index < -0.39 is 24.1 Å². The van der Waals surface area contributed by atoms with Crippen molar-refractivity contribution in [1.29, 1.82) is 0 Å². The topological polar surface area (TPSA) is 91.8 Å². The van der Waals surface area contributed by atoms with Gasteiger partial charge in [0.1, 0.15) is 12.2 Å². The molecule has 4 atom stereocenters. The average molecular weight is 367 g/mol. The monoisotopic (exact) mass is 367 g/mol. The fraction of sp³-hybridized carbons (Fsp3) is 0.611. The predicted octanol–water partition coefficient (Wildman–Crippen LogP) is 0.414. The maximum absolute atomic E-state index is 13.9. The van der Waals surface area contributed by atoms with E-state index in [0.717, 1.165) is 25.1 Å². The molecule has 7 nitrogen and oxygen atoms in total. The minimum Gasteiger partial charge on any atom is -0.494 e. The second-order valence-corrected chi connectivity index (χ2v) is 6.86. The van der Waals surface area contributed by atoms with Crippen LogP contribution in [0.1, 0.15) is 12.0 Å². The lowest BCUT2D eigenvalue weighted by atomic mass is 10.0. The van der Waals surface area contributed by atoms with E-state index in [1.807, 2.05) is 0 Å². The number of amides is 1. The number of carbonyl (C=O) groups excluding carboxylic acids is 1. The molecule has 1 aromatic rings. The molecule has 2 fully saturated rings. The van der Waals surface area contributed by atoms with Gasteiger partial charge >= 0.3 is 6.09 Å². The van der Waals surface area contributed by atoms with Crippen LogP contribution < -0.4 is 20.7 Å². The number of ether oxygens (including phenoxy) is 2. The lowest BCUT2D eigenvalue weighted by Gasteiger charge is -2.22. The van der Waals surface area contributed by atoms with Crippen molar-refractivity contribution in [2.24, 2.45) is 5.92 Å². The van der Waals surface area contributed by atoms with Crippen molar-refractivity contribution in [3.8, 4) is 5.75 Å². The molecule has 1 aromatic carbocycles. The van der Waals surface area contributed by atoms with Gasteiger partial charge in [-0.1, -0.05) is 6.07 Å². The SMILES string of the molecule is COc1ccc(C[C@H]2NC[C@H](O)[C@H]2OC(=O)NC[C@H]2CCNC2)cc1F. The Morgan fingerprint density at radius 3 is 2.96 bits per heavy atom. The highest BCUT2D eigenvalue weighted by Crippen LogP contribution is 2.22. The van der Waals surface area contributed by atoms with Crippen molar-refractivity contribution in [3.63, 3.8) is 0 Å². The Kier molecular flexibility index (Phi) is 6.29. The molecule has 0 aliphatic carbocycles. The molecule has 26 heavy (non-hydrogen) atoms. The standard InChI is InChI=1S/C18H26FN3O4/c1-25-16-3-2-11(6-13(16)19)7-14-17(15(23)10-21-14)26-18(24)22-9-12-4-5-20-8-12/h2-3,6,12,14-15,17,20-21,23H,4-5,7-10H2,1H3,(H,22,24)/t12-,14+,15-,17-/m0/s1. The zero-order valence-electron chi connectivity index (χ0n) is 14.8. The van der Waals surface area contributed by atoms with Crippen LogP contribution in [0.15, 0.2) is 18.2 Å². The van der Waals surface area contributed by atoms with Crippen LogP contribution in [0.25, 0.3) is 0 Å². The summed E-state index contributed by atoms with van der Waals surface area (Å²) in [6.45, 7) is 2.73. The van der Waals surface area contributed by atoms with Gasteiger partial charge in [0.25, 0.3) is 0 Å². The molecule has 2 saturated heterocycles. The number of halogens is 1. The molecule has 2 aliphatic heterocycles. The quantitative estimate of drug-likeness (QED) is 0.582. The Balaban J connectivity index is 1.55. The third kappa shape index (κ3) is 4.63. The Bertz CT molecular complexity index is 624. The first-order valence-electron chi connectivity index (χ1n) is 8.96. The third-order valence-electron chi connectivity index (χ3n) is 4.98. The van der Waals surface area contributed by atoms with Crippen molar-refractivity contribution in [3.05, 3.63) is 29.6 Å². The van der Waals surface area contributed by atoms with Crippen molar-refractivity contribution in [1.82, 2.24) is 16.0 Å². The Morgan fingerprint density at radius 2 is 2.27 bits per heavy atom. The number of hydrogen-bond donors (Lipinski definition) is 4. The molecule has 2 aliphatic rings. The van der Waals surface area contributed by atoms with Gasteiger partial charge in [-0.3, -0.25) is 0 Å². The van der Waals surface area contributed by atoms with Gasteiger partial charge in [0, 0.05) is 13.1 Å². The highest BCUT2D eigenvalue weighted by molar-refractivity contribution is 5.67. The number of methoxy groups -OCH3 is 1. The first-order valence-corrected chi connectivity index (χ1v) is 8.96. The maximum atomic E-state index is 13.9. The molecule has 0 saturated carbocycles. The van der Waals surface area contributed by atoms with Gasteiger partial charge in [0.2, 0.25) is 0 Å². The van der Waals surface area contributed by atoms with E-state index in [1.165, 1.54) is 13.2 Å². The molecular weight excluding hydrogens is 341 g/mol. The van der Waals surface area contributed by atoms with Gasteiger partial charge in [-0.05, 0) is 49.5 Å². The van der Waals surface area contributed by atoms with E-state index >= 15 is 0 Å². The molecule has 4 N–H and O–H groups in total. The molecule has 144 valence electrons. The number of β-amino-alcohol motifs (C(OH)–C–C–N with tert-alkyl or cyclic N) is 1. The number of alkyl carbamates (subject to hydrolysis) is 1. The van der Waals surface area contributed by atoms with Crippen LogP contribution in [0.2, 0.25) is 0 Å². The number of carbonyl (C=O) groups is 1. The lowest BCUT2D eigenvalue weighted by Crippen LogP contribution is -2.42. The van der Waals surface area contributed by atoms with E-state index in [2.05, 4.69) is 16.0 Å². The summed E-state index contributed by atoms with van der Waals surface area (Å²) in [6, 6.07) is 4.44. The molecule has 0 radical (unpaired) electrons. The van der Waals surface area contributed by atoms with Gasteiger partial charge in [-0.15, -0.1) is 0 Å². The van der Waals surface area contributed by atoms with Crippen molar-refractivity contribution >= 4 is 6.09 Å². The Morgan fingerprint density at radius 1 is 1.42 bits per heavy atom. The van der Waals surface area contributed by atoms with Gasteiger partial charge < -0.3 is 30.5 Å². The van der Waals surface area contributed by atoms with Crippen LogP contribution in [-0.4, -0.2) is 62.7 Å². The summed E-state index contributed by atoms with van der Waals surface area (Å²) < 4.78 is 24.2. The number of rotatable bonds is 6. The van der Waals surface area contributed by atoms with Crippen molar-refractivity contribution in [2.45, 2.75) is 31.1 Å². The number of aliphatic hydroxyl groups excluding tert-OH is 1. The van der Waals surface area contributed by atoms with Crippen molar-refractivity contribution < 1.29 is 23.8 Å². The molecule has 2 heterocycles. The van der Waals surface area contributed by atoms with E-state index in [1.54, 1.807) is 12.1 Å². The molecule has 0 unspecified atom stereocenters. The normalized spacial score (nSPS) is 28.1. The van der Waals surface area contributed by atoms with Crippen LogP contribution >= 0.6 is 0 Å². The molecule has 1 amide bonds. The first kappa shape index (κ1) is 18.9. The average Bonchev–Trinajstić information content (AvgIpc) is 3.25. The van der Waals surface area contributed by atoms with E-state index in [-0.39, 0.29) is 11.8 Å². The summed E-state index contributed by atoms with van der Waals surface area (Å²) >= 11 is 0. The van der Waals surface area contributed by atoms with Gasteiger partial charge in [-0.25, -0.2) is 9.18 Å². The molecule has 0 bridgehead atoms. The van der Waals surface area contributed by atoms with Gasteiger partial charge in [0.05, 0.1) is 13.2 Å². The number of aliphatic hydroxyl groups is 1. The zero-order chi connectivity index (χ0) is 18.5. The maximum Gasteiger partial charge on any atom is 0.407 e. The third-order valence-corrected chi connectivity index (χ3v) is 4.98. The molecule has 3 rings (SSSR count). The van der Waals surface area contributed by atoms with Gasteiger partial charge in [0.15, 0.2) is 11.6 Å². The summed E-state index contributed by atoms with van der Waals surface area (Å²) in [5.74, 6) is 0.151. The molecular formula is C18H26FN3O4. The highest BCUT2D eigenvalue weighted by Gasteiger charge is 2.38. The van der Waals surface area contributed by atoms with Crippen LogP contribution in [0.3, 0.4) is 0 Å². The predicted molar refractivity (Wildman–Crippen MR) is 93.7 cm³/mol. The smallest absolute Gasteiger partial charge is 0.407 e. The second-order valence-electron chi connectivity index (χ2n) is 6.86. The van der Waals surface area contributed by atoms with E-state index in [9.17, 15) is 14.3 Å². The summed E-state index contributed by atoms with van der Waals surface area (Å²) in [4.78, 5) is 12.1. The molecule has 0 aromatic heterocycles. The summed E-state index contributed by atoms with van der Waals surface area (Å²) in [5, 5.41) is 19.3. The number of benzene rings is 1. The van der Waals surface area contributed by atoms with Crippen molar-refractivity contribution in [2.75, 3.05) is 33.3 Å². The van der Waals surface area contributed by atoms with Crippen LogP contribution in [0, 0.1) is 11.7 Å². The number of nitrogens with one attached hydrogen (secondary N) is 3. The second kappa shape index (κ2) is 8.66. The van der Waals surface area contributed by atoms with Gasteiger partial charge in [-0.2, -0.15) is 0 Å². The Hall–Kier alpha value is -1.90. The lowest BCUT2D eigenvalue weighted by molar-refractivity contribution is 0.0186. The highest BCUT2D eigenvalue weighted by atomic mass is 19.1. The summed E-state index contributed by atoms with van der Waals surface area (Å²) in [5.41, 5.74) is 0.737. The zero-order valence-corrected chi connectivity index (χ0v) is 14.8. The van der Waals surface area contributed by atoms with Crippen LogP contribution in [0.4, 0.5) is 9.18 Å². The summed E-state index contributed by atoms with van der Waals surface area (Å²) in [6.07, 6.45) is -0.540. The van der Waals surface area contributed by atoms with E-state index in [0.29, 0.717) is 25.4 Å². The van der Waals surface area contributed by atoms with Crippen LogP contribution in [0.5, 0.6) is 5.75 Å². The minimum atomic E-state index is -0.790. The fourth-order valence-electron chi connectivity index (χ4n) is 3.49. The molecule has 0 spiro atoms. The van der Waals surface area contributed by atoms with E-state index in [4.69, 9.17) is 9.47 Å². The fourth-order valence-corrected chi connectivity index (χ4v) is 3.49. The largest absolute Gasteiger partial charge is 0.494 e. The number of hydrogen-bond acceptors (Lipinski definition) is 6. The first-order chi connectivity index (χ1) is 12.6.